The van der Waals surface area contributed by atoms with Gasteiger partial charge in [-0.05, 0) is 24.3 Å². The van der Waals surface area contributed by atoms with E-state index in [0.717, 1.165) is 0 Å². The molecule has 0 aliphatic carbocycles. The smallest absolute Gasteiger partial charge is 0.282 e. The number of fused-ring (bicyclic) bond motifs is 1. The summed E-state index contributed by atoms with van der Waals surface area (Å²) >= 11 is 0. The molecule has 0 spiro atoms. The molecule has 4 nitrogen and oxygen atoms in total. The lowest BCUT2D eigenvalue weighted by molar-refractivity contribution is 0.484. The summed E-state index contributed by atoms with van der Waals surface area (Å²) in [6, 6.07) is 7.80. The molecule has 0 amide bonds. The van der Waals surface area contributed by atoms with Crippen molar-refractivity contribution in [3.63, 3.8) is 0 Å². The molecule has 0 aliphatic rings. The number of hydrogen-bond donors (Lipinski definition) is 1. The summed E-state index contributed by atoms with van der Waals surface area (Å²) in [6.07, 6.45) is 1.57. The van der Waals surface area contributed by atoms with Gasteiger partial charge in [0.2, 0.25) is 0 Å². The second-order valence-electron chi connectivity index (χ2n) is 2.80. The maximum atomic E-state index is 11.0. The van der Waals surface area contributed by atoms with Gasteiger partial charge in [-0.1, -0.05) is 6.07 Å². The van der Waals surface area contributed by atoms with Gasteiger partial charge in [0.25, 0.3) is 10.1 Å². The van der Waals surface area contributed by atoms with Gasteiger partial charge in [-0.3, -0.25) is 9.54 Å². The van der Waals surface area contributed by atoms with Crippen molar-refractivity contribution in [2.24, 2.45) is 0 Å². The topological polar surface area (TPSA) is 67.3 Å². The quantitative estimate of drug-likeness (QED) is 0.722. The first-order valence-corrected chi connectivity index (χ1v) is 5.34. The largest absolute Gasteiger partial charge is 0.295 e. The van der Waals surface area contributed by atoms with Crippen LogP contribution in [0.2, 0.25) is 0 Å². The highest BCUT2D eigenvalue weighted by molar-refractivity contribution is 7.86. The zero-order valence-electron chi connectivity index (χ0n) is 7.08. The molecule has 0 fully saturated rings. The average Bonchev–Trinajstić information content (AvgIpc) is 2.15. The second kappa shape index (κ2) is 3.04. The van der Waals surface area contributed by atoms with E-state index in [2.05, 4.69) is 4.98 Å². The van der Waals surface area contributed by atoms with Crippen molar-refractivity contribution in [2.75, 3.05) is 0 Å². The van der Waals surface area contributed by atoms with Crippen molar-refractivity contribution in [1.29, 1.82) is 0 Å². The fraction of sp³-hybridized carbons (Fsp3) is 0. The molecule has 5 heteroatoms. The van der Waals surface area contributed by atoms with Crippen molar-refractivity contribution in [3.8, 4) is 0 Å². The summed E-state index contributed by atoms with van der Waals surface area (Å²) in [5.41, 5.74) is 0.544. The van der Waals surface area contributed by atoms with Gasteiger partial charge in [-0.25, -0.2) is 0 Å². The molecular formula is C9H7NO3S. The Morgan fingerprint density at radius 2 is 1.93 bits per heavy atom. The minimum Gasteiger partial charge on any atom is -0.282 e. The van der Waals surface area contributed by atoms with E-state index in [1.165, 1.54) is 6.07 Å². The summed E-state index contributed by atoms with van der Waals surface area (Å²) in [5, 5.41) is 0.428. The van der Waals surface area contributed by atoms with E-state index in [1.807, 2.05) is 0 Å². The van der Waals surface area contributed by atoms with Crippen LogP contribution in [0.5, 0.6) is 0 Å². The van der Waals surface area contributed by atoms with Crippen LogP contribution in [0.3, 0.4) is 0 Å². The van der Waals surface area contributed by atoms with E-state index in [9.17, 15) is 8.42 Å². The van der Waals surface area contributed by atoms with Crippen molar-refractivity contribution < 1.29 is 13.0 Å². The average molecular weight is 209 g/mol. The predicted octanol–water partition coefficient (Wildman–Crippen LogP) is 1.48. The molecule has 0 saturated heterocycles. The van der Waals surface area contributed by atoms with Crippen molar-refractivity contribution in [3.05, 3.63) is 36.5 Å². The molecule has 0 aliphatic heterocycles. The zero-order chi connectivity index (χ0) is 10.2. The maximum absolute atomic E-state index is 11.0. The summed E-state index contributed by atoms with van der Waals surface area (Å²) in [7, 11) is -4.17. The van der Waals surface area contributed by atoms with Crippen molar-refractivity contribution in [1.82, 2.24) is 4.98 Å². The predicted molar refractivity (Wildman–Crippen MR) is 51.6 cm³/mol. The van der Waals surface area contributed by atoms with Gasteiger partial charge in [0, 0.05) is 11.6 Å². The number of benzene rings is 1. The Morgan fingerprint density at radius 1 is 1.14 bits per heavy atom. The van der Waals surface area contributed by atoms with Crippen LogP contribution >= 0.6 is 0 Å². The first kappa shape index (κ1) is 9.11. The highest BCUT2D eigenvalue weighted by atomic mass is 32.2. The lowest BCUT2D eigenvalue weighted by Gasteiger charge is -2.01. The molecule has 0 radical (unpaired) electrons. The first-order chi connectivity index (χ1) is 6.59. The zero-order valence-corrected chi connectivity index (χ0v) is 7.90. The molecule has 0 bridgehead atoms. The number of pyridine rings is 1. The van der Waals surface area contributed by atoms with E-state index in [-0.39, 0.29) is 4.90 Å². The van der Waals surface area contributed by atoms with Crippen LogP contribution in [0, 0.1) is 0 Å². The molecule has 0 saturated carbocycles. The van der Waals surface area contributed by atoms with Gasteiger partial charge in [0.05, 0.1) is 5.52 Å². The highest BCUT2D eigenvalue weighted by Gasteiger charge is 2.12. The van der Waals surface area contributed by atoms with Crippen LogP contribution in [0.15, 0.2) is 41.4 Å². The molecule has 14 heavy (non-hydrogen) atoms. The second-order valence-corrected chi connectivity index (χ2v) is 4.19. The summed E-state index contributed by atoms with van der Waals surface area (Å²) in [6.45, 7) is 0. The lowest BCUT2D eigenvalue weighted by Crippen LogP contribution is -1.98. The van der Waals surface area contributed by atoms with Gasteiger partial charge in [-0.2, -0.15) is 8.42 Å². The van der Waals surface area contributed by atoms with Gasteiger partial charge >= 0.3 is 0 Å². The van der Waals surface area contributed by atoms with E-state index in [4.69, 9.17) is 4.55 Å². The molecule has 1 N–H and O–H groups in total. The Kier molecular flexibility index (Phi) is 1.98. The Labute approximate surface area is 81.0 Å². The van der Waals surface area contributed by atoms with E-state index >= 15 is 0 Å². The maximum Gasteiger partial charge on any atom is 0.295 e. The van der Waals surface area contributed by atoms with Crippen molar-refractivity contribution in [2.45, 2.75) is 4.90 Å². The molecule has 2 rings (SSSR count). The minimum atomic E-state index is -4.17. The number of rotatable bonds is 1. The SMILES string of the molecule is O=S(=O)(O)c1cccc2ncccc12. The van der Waals surface area contributed by atoms with Crippen LogP contribution in [0.4, 0.5) is 0 Å². The number of aromatic nitrogens is 1. The lowest BCUT2D eigenvalue weighted by atomic mass is 10.2. The van der Waals surface area contributed by atoms with Gasteiger partial charge in [0.1, 0.15) is 4.90 Å². The number of nitrogens with zero attached hydrogens (tertiary/aromatic N) is 1. The van der Waals surface area contributed by atoms with Gasteiger partial charge < -0.3 is 0 Å². The van der Waals surface area contributed by atoms with Crippen LogP contribution in [0.1, 0.15) is 0 Å². The Bertz CT molecular complexity index is 572. The van der Waals surface area contributed by atoms with Gasteiger partial charge in [-0.15, -0.1) is 0 Å². The molecule has 1 heterocycles. The third-order valence-electron chi connectivity index (χ3n) is 1.88. The molecule has 2 aromatic rings. The first-order valence-electron chi connectivity index (χ1n) is 3.90. The fourth-order valence-electron chi connectivity index (χ4n) is 1.30. The van der Waals surface area contributed by atoms with Crippen LogP contribution in [0.25, 0.3) is 10.9 Å². The van der Waals surface area contributed by atoms with Crippen LogP contribution < -0.4 is 0 Å². The Morgan fingerprint density at radius 3 is 2.64 bits per heavy atom. The molecule has 72 valence electrons. The third-order valence-corrected chi connectivity index (χ3v) is 2.80. The minimum absolute atomic E-state index is 0.108. The van der Waals surface area contributed by atoms with E-state index in [0.29, 0.717) is 10.9 Å². The Hall–Kier alpha value is -1.46. The standard InChI is InChI=1S/C9H7NO3S/c11-14(12,13)9-5-1-4-8-7(9)3-2-6-10-8/h1-6H,(H,11,12,13). The molecule has 1 aromatic carbocycles. The molecule has 0 atom stereocenters. The van der Waals surface area contributed by atoms with Crippen molar-refractivity contribution >= 4 is 21.0 Å². The third kappa shape index (κ3) is 1.47. The van der Waals surface area contributed by atoms with E-state index in [1.54, 1.807) is 30.5 Å². The van der Waals surface area contributed by atoms with Crippen LogP contribution in [-0.4, -0.2) is 18.0 Å². The normalized spacial score (nSPS) is 11.8. The summed E-state index contributed by atoms with van der Waals surface area (Å²) in [5.74, 6) is 0. The van der Waals surface area contributed by atoms with E-state index < -0.39 is 10.1 Å². The Balaban J connectivity index is 2.92. The van der Waals surface area contributed by atoms with Crippen LogP contribution in [-0.2, 0) is 10.1 Å². The number of hydrogen-bond acceptors (Lipinski definition) is 3. The summed E-state index contributed by atoms with van der Waals surface area (Å²) in [4.78, 5) is 3.87. The monoisotopic (exact) mass is 209 g/mol. The molecule has 0 unspecified atom stereocenters. The molecular weight excluding hydrogens is 202 g/mol. The summed E-state index contributed by atoms with van der Waals surface area (Å²) < 4.78 is 30.9. The molecule has 1 aromatic heterocycles. The van der Waals surface area contributed by atoms with Gasteiger partial charge in [0.15, 0.2) is 0 Å². The highest BCUT2D eigenvalue weighted by Crippen LogP contribution is 2.20. The fourth-order valence-corrected chi connectivity index (χ4v) is 2.00.